The van der Waals surface area contributed by atoms with Crippen molar-refractivity contribution in [3.8, 4) is 35.9 Å². The zero-order chi connectivity index (χ0) is 5.70. The average Bonchev–Trinajstić information content (AvgIpc) is 1.72. The first kappa shape index (κ1) is 5.90. The molecular formula is C6H3Si. The lowest BCUT2D eigenvalue weighted by atomic mass is 11.3. The van der Waals surface area contributed by atoms with Crippen LogP contribution < -0.4 is 0 Å². The highest BCUT2D eigenvalue weighted by molar-refractivity contribution is 6.82. The molecule has 0 aliphatic carbocycles. The molecule has 0 aromatic heterocycles. The lowest BCUT2D eigenvalue weighted by molar-refractivity contribution is 2.65. The lowest BCUT2D eigenvalue weighted by Gasteiger charge is -1.75. The Kier molecular flexibility index (Phi) is 2.61. The van der Waals surface area contributed by atoms with E-state index >= 15 is 0 Å². The molecule has 0 spiro atoms. The first-order valence-electron chi connectivity index (χ1n) is 1.62. The van der Waals surface area contributed by atoms with Crippen LogP contribution in [0.2, 0.25) is 0 Å². The van der Waals surface area contributed by atoms with Crippen LogP contribution in [-0.4, -0.2) is 8.80 Å². The molecule has 0 rings (SSSR count). The maximum Gasteiger partial charge on any atom is 0.316 e. The van der Waals surface area contributed by atoms with E-state index in [2.05, 4.69) is 16.6 Å². The molecule has 1 radical (unpaired) electrons. The average molecular weight is 103 g/mol. The summed E-state index contributed by atoms with van der Waals surface area (Å²) in [7, 11) is -1.28. The smallest absolute Gasteiger partial charge is 0.125 e. The largest absolute Gasteiger partial charge is 0.316 e. The molecule has 0 nitrogen and oxygen atoms in total. The standard InChI is InChI=1S/C6H3Si/c1-4-7(5-2)6-3/h1-3H. The second-order valence-corrected chi connectivity index (χ2v) is 2.42. The van der Waals surface area contributed by atoms with Crippen LogP contribution in [0.3, 0.4) is 0 Å². The molecule has 0 heterocycles. The molecule has 0 atom stereocenters. The van der Waals surface area contributed by atoms with E-state index in [9.17, 15) is 0 Å². The summed E-state index contributed by atoms with van der Waals surface area (Å²) in [5, 5.41) is 0. The summed E-state index contributed by atoms with van der Waals surface area (Å²) in [5.41, 5.74) is 6.99. The van der Waals surface area contributed by atoms with Gasteiger partial charge in [-0.15, -0.1) is 35.9 Å². The number of terminal acetylenes is 3. The molecule has 0 aromatic carbocycles. The summed E-state index contributed by atoms with van der Waals surface area (Å²) < 4.78 is 0. The molecule has 0 bridgehead atoms. The molecule has 0 aliphatic rings. The highest BCUT2D eigenvalue weighted by atomic mass is 28.3. The van der Waals surface area contributed by atoms with Crippen molar-refractivity contribution in [2.45, 2.75) is 0 Å². The first-order chi connectivity index (χ1) is 3.35. The number of hydrogen-bond donors (Lipinski definition) is 0. The van der Waals surface area contributed by atoms with Crippen molar-refractivity contribution >= 4 is 8.80 Å². The van der Waals surface area contributed by atoms with Gasteiger partial charge in [0.15, 0.2) is 0 Å². The van der Waals surface area contributed by atoms with Gasteiger partial charge in [0.05, 0.1) is 0 Å². The minimum atomic E-state index is -1.28. The van der Waals surface area contributed by atoms with Crippen LogP contribution in [0, 0.1) is 35.9 Å². The third-order valence-electron chi connectivity index (χ3n) is 0.433. The first-order valence-corrected chi connectivity index (χ1v) is 3.12. The summed E-state index contributed by atoms with van der Waals surface area (Å²) in [5.74, 6) is 0. The SMILES string of the molecule is C#C[Si](C#C)C#C. The van der Waals surface area contributed by atoms with Crippen LogP contribution in [0.15, 0.2) is 0 Å². The molecule has 0 fully saturated rings. The van der Waals surface area contributed by atoms with Gasteiger partial charge >= 0.3 is 8.80 Å². The topological polar surface area (TPSA) is 0 Å². The van der Waals surface area contributed by atoms with E-state index in [0.29, 0.717) is 0 Å². The van der Waals surface area contributed by atoms with Crippen molar-refractivity contribution in [3.63, 3.8) is 0 Å². The monoisotopic (exact) mass is 103 g/mol. The summed E-state index contributed by atoms with van der Waals surface area (Å²) in [6.45, 7) is 0. The van der Waals surface area contributed by atoms with Gasteiger partial charge in [0.2, 0.25) is 0 Å². The van der Waals surface area contributed by atoms with E-state index in [1.165, 1.54) is 0 Å². The van der Waals surface area contributed by atoms with Gasteiger partial charge in [-0.25, -0.2) is 0 Å². The van der Waals surface area contributed by atoms with Gasteiger partial charge in [-0.1, -0.05) is 0 Å². The predicted molar refractivity (Wildman–Crippen MR) is 32.3 cm³/mol. The van der Waals surface area contributed by atoms with Crippen LogP contribution in [0.25, 0.3) is 0 Å². The Morgan fingerprint density at radius 2 is 1.14 bits per heavy atom. The molecule has 1 heteroatoms. The molecule has 0 unspecified atom stereocenters. The van der Waals surface area contributed by atoms with Crippen LogP contribution >= 0.6 is 0 Å². The molecule has 0 aliphatic heterocycles. The van der Waals surface area contributed by atoms with Crippen LogP contribution in [0.1, 0.15) is 0 Å². The van der Waals surface area contributed by atoms with E-state index < -0.39 is 8.80 Å². The van der Waals surface area contributed by atoms with E-state index in [1.807, 2.05) is 0 Å². The summed E-state index contributed by atoms with van der Waals surface area (Å²) in [6, 6.07) is 0. The Morgan fingerprint density at radius 3 is 1.14 bits per heavy atom. The highest BCUT2D eigenvalue weighted by Gasteiger charge is 1.93. The van der Waals surface area contributed by atoms with Crippen molar-refractivity contribution in [1.82, 2.24) is 0 Å². The van der Waals surface area contributed by atoms with Gasteiger partial charge in [-0.3, -0.25) is 0 Å². The molecule has 31 valence electrons. The quantitative estimate of drug-likeness (QED) is 0.299. The van der Waals surface area contributed by atoms with Crippen molar-refractivity contribution in [2.24, 2.45) is 0 Å². The van der Waals surface area contributed by atoms with E-state index in [0.717, 1.165) is 0 Å². The third-order valence-corrected chi connectivity index (χ3v) is 1.30. The summed E-state index contributed by atoms with van der Waals surface area (Å²) in [6.07, 6.45) is 14.7. The second-order valence-electron chi connectivity index (χ2n) is 0.808. The minimum Gasteiger partial charge on any atom is -0.125 e. The molecule has 0 aromatic rings. The minimum absolute atomic E-state index is 1.28. The van der Waals surface area contributed by atoms with Crippen LogP contribution in [0.4, 0.5) is 0 Å². The van der Waals surface area contributed by atoms with Gasteiger partial charge in [0.1, 0.15) is 0 Å². The molecule has 0 saturated heterocycles. The summed E-state index contributed by atoms with van der Waals surface area (Å²) >= 11 is 0. The van der Waals surface area contributed by atoms with Gasteiger partial charge in [-0.2, -0.15) is 0 Å². The zero-order valence-electron chi connectivity index (χ0n) is 3.73. The van der Waals surface area contributed by atoms with Gasteiger partial charge in [0.25, 0.3) is 0 Å². The Hall–Kier alpha value is -1.10. The van der Waals surface area contributed by atoms with Gasteiger partial charge < -0.3 is 0 Å². The second kappa shape index (κ2) is 3.10. The van der Waals surface area contributed by atoms with Crippen LogP contribution in [-0.2, 0) is 0 Å². The highest BCUT2D eigenvalue weighted by Crippen LogP contribution is 1.67. The Balaban J connectivity index is 3.82. The fraction of sp³-hybridized carbons (Fsp3) is 0. The Bertz CT molecular complexity index is 127. The van der Waals surface area contributed by atoms with Gasteiger partial charge in [0, 0.05) is 0 Å². The maximum atomic E-state index is 4.90. The van der Waals surface area contributed by atoms with Crippen molar-refractivity contribution in [2.75, 3.05) is 0 Å². The van der Waals surface area contributed by atoms with E-state index in [-0.39, 0.29) is 0 Å². The molecule has 0 N–H and O–H groups in total. The van der Waals surface area contributed by atoms with E-state index in [1.54, 1.807) is 0 Å². The van der Waals surface area contributed by atoms with Gasteiger partial charge in [-0.05, 0) is 0 Å². The Morgan fingerprint density at radius 1 is 0.857 bits per heavy atom. The number of rotatable bonds is 0. The predicted octanol–water partition coefficient (Wildman–Crippen LogP) is -0.00160. The zero-order valence-corrected chi connectivity index (χ0v) is 4.73. The Labute approximate surface area is 45.5 Å². The van der Waals surface area contributed by atoms with Crippen LogP contribution in [0.5, 0.6) is 0 Å². The molecule has 0 amide bonds. The molecular weight excluding hydrogens is 100 g/mol. The van der Waals surface area contributed by atoms with Crippen molar-refractivity contribution < 1.29 is 0 Å². The van der Waals surface area contributed by atoms with Crippen molar-refractivity contribution in [1.29, 1.82) is 0 Å². The summed E-state index contributed by atoms with van der Waals surface area (Å²) in [4.78, 5) is 0. The third kappa shape index (κ3) is 1.71. The van der Waals surface area contributed by atoms with E-state index in [4.69, 9.17) is 19.3 Å². The molecule has 7 heavy (non-hydrogen) atoms. The number of hydrogen-bond acceptors (Lipinski definition) is 0. The maximum absolute atomic E-state index is 4.90. The molecule has 0 saturated carbocycles. The fourth-order valence-corrected chi connectivity index (χ4v) is 0.375. The fourth-order valence-electron chi connectivity index (χ4n) is 0.125. The lowest BCUT2D eigenvalue weighted by Crippen LogP contribution is -2.01. The normalized spacial score (nSPS) is 6.00. The van der Waals surface area contributed by atoms with Crippen molar-refractivity contribution in [3.05, 3.63) is 0 Å².